The highest BCUT2D eigenvalue weighted by Gasteiger charge is 2.09. The summed E-state index contributed by atoms with van der Waals surface area (Å²) < 4.78 is 4.63. The minimum atomic E-state index is -0.145. The van der Waals surface area contributed by atoms with Gasteiger partial charge in [-0.05, 0) is 25.5 Å². The molecule has 0 saturated carbocycles. The Morgan fingerprint density at radius 3 is 2.62 bits per heavy atom. The topological polar surface area (TPSA) is 38.3 Å². The normalized spacial score (nSPS) is 12.1. The van der Waals surface area contributed by atoms with Crippen LogP contribution in [-0.2, 0) is 16.0 Å². The summed E-state index contributed by atoms with van der Waals surface area (Å²) in [5.74, 6) is -0.145. The maximum Gasteiger partial charge on any atom is 0.305 e. The van der Waals surface area contributed by atoms with Crippen molar-refractivity contribution in [2.75, 3.05) is 14.2 Å². The summed E-state index contributed by atoms with van der Waals surface area (Å²) in [6.07, 6.45) is 2.21. The van der Waals surface area contributed by atoms with Crippen molar-refractivity contribution in [3.63, 3.8) is 0 Å². The second-order valence-electron chi connectivity index (χ2n) is 3.79. The Bertz CT molecular complexity index is 311. The van der Waals surface area contributed by atoms with Crippen LogP contribution in [-0.4, -0.2) is 26.2 Å². The molecule has 1 N–H and O–H groups in total. The highest BCUT2D eigenvalue weighted by Crippen LogP contribution is 2.07. The molecule has 0 bridgehead atoms. The van der Waals surface area contributed by atoms with Crippen molar-refractivity contribution in [3.05, 3.63) is 35.9 Å². The van der Waals surface area contributed by atoms with Gasteiger partial charge in [0.1, 0.15) is 0 Å². The van der Waals surface area contributed by atoms with Gasteiger partial charge >= 0.3 is 5.97 Å². The van der Waals surface area contributed by atoms with E-state index in [4.69, 9.17) is 0 Å². The lowest BCUT2D eigenvalue weighted by Gasteiger charge is -2.15. The molecule has 0 fully saturated rings. The van der Waals surface area contributed by atoms with E-state index in [0.717, 1.165) is 12.8 Å². The van der Waals surface area contributed by atoms with Crippen molar-refractivity contribution >= 4 is 5.97 Å². The fourth-order valence-electron chi connectivity index (χ4n) is 1.64. The van der Waals surface area contributed by atoms with Crippen LogP contribution in [0.25, 0.3) is 0 Å². The number of benzene rings is 1. The van der Waals surface area contributed by atoms with Crippen LogP contribution in [0.15, 0.2) is 30.3 Å². The molecule has 1 rings (SSSR count). The Morgan fingerprint density at radius 2 is 2.06 bits per heavy atom. The molecular formula is C13H19NO2. The van der Waals surface area contributed by atoms with Crippen molar-refractivity contribution < 1.29 is 9.53 Å². The van der Waals surface area contributed by atoms with E-state index in [1.807, 2.05) is 25.2 Å². The Morgan fingerprint density at radius 1 is 1.38 bits per heavy atom. The standard InChI is InChI=1S/C13H19NO2/c1-14-12(8-9-13(15)16-2)10-11-6-4-3-5-7-11/h3-7,12,14H,8-10H2,1-2H3. The number of methoxy groups -OCH3 is 1. The van der Waals surface area contributed by atoms with E-state index in [1.54, 1.807) is 0 Å². The van der Waals surface area contributed by atoms with Gasteiger partial charge in [0.05, 0.1) is 7.11 Å². The van der Waals surface area contributed by atoms with E-state index in [-0.39, 0.29) is 5.97 Å². The van der Waals surface area contributed by atoms with Gasteiger partial charge in [0.2, 0.25) is 0 Å². The number of rotatable bonds is 6. The summed E-state index contributed by atoms with van der Waals surface area (Å²) >= 11 is 0. The molecule has 0 radical (unpaired) electrons. The first-order chi connectivity index (χ1) is 7.76. The number of esters is 1. The van der Waals surface area contributed by atoms with Crippen LogP contribution in [0, 0.1) is 0 Å². The molecule has 0 spiro atoms. The van der Waals surface area contributed by atoms with Gasteiger partial charge in [-0.25, -0.2) is 0 Å². The minimum Gasteiger partial charge on any atom is -0.469 e. The number of carbonyl (C=O) groups excluding carboxylic acids is 1. The third kappa shape index (κ3) is 4.45. The predicted molar refractivity (Wildman–Crippen MR) is 64.2 cm³/mol. The van der Waals surface area contributed by atoms with E-state index in [2.05, 4.69) is 22.2 Å². The average Bonchev–Trinajstić information content (AvgIpc) is 2.35. The lowest BCUT2D eigenvalue weighted by Crippen LogP contribution is -2.28. The average molecular weight is 221 g/mol. The van der Waals surface area contributed by atoms with Crippen LogP contribution in [0.2, 0.25) is 0 Å². The number of hydrogen-bond acceptors (Lipinski definition) is 3. The van der Waals surface area contributed by atoms with Gasteiger partial charge in [-0.15, -0.1) is 0 Å². The summed E-state index contributed by atoms with van der Waals surface area (Å²) in [6, 6.07) is 10.6. The van der Waals surface area contributed by atoms with E-state index in [9.17, 15) is 4.79 Å². The first-order valence-corrected chi connectivity index (χ1v) is 5.54. The SMILES string of the molecule is CNC(CCC(=O)OC)Cc1ccccc1. The molecule has 0 aliphatic rings. The molecule has 0 aliphatic heterocycles. The second kappa shape index (κ2) is 7.01. The maximum absolute atomic E-state index is 11.0. The van der Waals surface area contributed by atoms with E-state index >= 15 is 0 Å². The van der Waals surface area contributed by atoms with Gasteiger partial charge in [-0.2, -0.15) is 0 Å². The van der Waals surface area contributed by atoms with Gasteiger partial charge in [0, 0.05) is 12.5 Å². The van der Waals surface area contributed by atoms with Gasteiger partial charge in [-0.1, -0.05) is 30.3 Å². The first-order valence-electron chi connectivity index (χ1n) is 5.54. The molecule has 1 aromatic rings. The van der Waals surface area contributed by atoms with Gasteiger partial charge < -0.3 is 10.1 Å². The van der Waals surface area contributed by atoms with Crippen LogP contribution < -0.4 is 5.32 Å². The maximum atomic E-state index is 11.0. The molecule has 0 aromatic heterocycles. The number of nitrogens with one attached hydrogen (secondary N) is 1. The van der Waals surface area contributed by atoms with Gasteiger partial charge in [0.15, 0.2) is 0 Å². The number of likely N-dealkylation sites (N-methyl/N-ethyl adjacent to an activating group) is 1. The largest absolute Gasteiger partial charge is 0.469 e. The van der Waals surface area contributed by atoms with Crippen LogP contribution in [0.3, 0.4) is 0 Å². The molecule has 1 unspecified atom stereocenters. The minimum absolute atomic E-state index is 0.145. The number of ether oxygens (including phenoxy) is 1. The zero-order chi connectivity index (χ0) is 11.8. The molecular weight excluding hydrogens is 202 g/mol. The fraction of sp³-hybridized carbons (Fsp3) is 0.462. The summed E-state index contributed by atoms with van der Waals surface area (Å²) in [5, 5.41) is 3.22. The van der Waals surface area contributed by atoms with E-state index in [1.165, 1.54) is 12.7 Å². The lowest BCUT2D eigenvalue weighted by atomic mass is 10.0. The molecule has 3 heteroatoms. The summed E-state index contributed by atoms with van der Waals surface area (Å²) in [5.41, 5.74) is 1.28. The van der Waals surface area contributed by atoms with Crippen LogP contribution in [0.1, 0.15) is 18.4 Å². The van der Waals surface area contributed by atoms with Crippen LogP contribution in [0.4, 0.5) is 0 Å². The van der Waals surface area contributed by atoms with Crippen molar-refractivity contribution in [2.24, 2.45) is 0 Å². The molecule has 16 heavy (non-hydrogen) atoms. The third-order valence-corrected chi connectivity index (χ3v) is 2.66. The van der Waals surface area contributed by atoms with Crippen LogP contribution in [0.5, 0.6) is 0 Å². The van der Waals surface area contributed by atoms with Crippen molar-refractivity contribution in [3.8, 4) is 0 Å². The molecule has 0 heterocycles. The third-order valence-electron chi connectivity index (χ3n) is 2.66. The molecule has 1 aromatic carbocycles. The van der Waals surface area contributed by atoms with E-state index < -0.39 is 0 Å². The summed E-state index contributed by atoms with van der Waals surface area (Å²) in [4.78, 5) is 11.0. The summed E-state index contributed by atoms with van der Waals surface area (Å²) in [7, 11) is 3.35. The van der Waals surface area contributed by atoms with Crippen molar-refractivity contribution in [2.45, 2.75) is 25.3 Å². The quantitative estimate of drug-likeness (QED) is 0.744. The first kappa shape index (κ1) is 12.7. The second-order valence-corrected chi connectivity index (χ2v) is 3.79. The number of hydrogen-bond donors (Lipinski definition) is 1. The fourth-order valence-corrected chi connectivity index (χ4v) is 1.64. The van der Waals surface area contributed by atoms with E-state index in [0.29, 0.717) is 12.5 Å². The molecule has 3 nitrogen and oxygen atoms in total. The highest BCUT2D eigenvalue weighted by atomic mass is 16.5. The smallest absolute Gasteiger partial charge is 0.305 e. The molecule has 88 valence electrons. The lowest BCUT2D eigenvalue weighted by molar-refractivity contribution is -0.140. The summed E-state index contributed by atoms with van der Waals surface area (Å²) in [6.45, 7) is 0. The van der Waals surface area contributed by atoms with Gasteiger partial charge in [0.25, 0.3) is 0 Å². The predicted octanol–water partition coefficient (Wildman–Crippen LogP) is 1.77. The Kier molecular flexibility index (Phi) is 5.57. The number of carbonyl (C=O) groups is 1. The van der Waals surface area contributed by atoms with Gasteiger partial charge in [-0.3, -0.25) is 4.79 Å². The van der Waals surface area contributed by atoms with Crippen molar-refractivity contribution in [1.82, 2.24) is 5.32 Å². The molecule has 0 amide bonds. The Balaban J connectivity index is 2.40. The molecule has 0 saturated heterocycles. The van der Waals surface area contributed by atoms with Crippen molar-refractivity contribution in [1.29, 1.82) is 0 Å². The zero-order valence-corrected chi connectivity index (χ0v) is 9.90. The molecule has 0 aliphatic carbocycles. The molecule has 1 atom stereocenters. The zero-order valence-electron chi connectivity index (χ0n) is 9.90. The Hall–Kier alpha value is -1.35. The monoisotopic (exact) mass is 221 g/mol. The van der Waals surface area contributed by atoms with Crippen LogP contribution >= 0.6 is 0 Å². The highest BCUT2D eigenvalue weighted by molar-refractivity contribution is 5.69. The Labute approximate surface area is 96.8 Å².